The van der Waals surface area contributed by atoms with E-state index in [0.717, 1.165) is 31.7 Å². The smallest absolute Gasteiger partial charge is 0.303 e. The lowest BCUT2D eigenvalue weighted by atomic mass is 9.98. The van der Waals surface area contributed by atoms with E-state index in [0.29, 0.717) is 17.7 Å². The van der Waals surface area contributed by atoms with Crippen molar-refractivity contribution in [2.75, 3.05) is 19.7 Å². The fraction of sp³-hybridized carbons (Fsp3) is 0.562. The third-order valence-electron chi connectivity index (χ3n) is 3.88. The lowest BCUT2D eigenvalue weighted by Crippen LogP contribution is -2.42. The van der Waals surface area contributed by atoms with Crippen LogP contribution >= 0.6 is 11.6 Å². The number of hydrogen-bond acceptors (Lipinski definition) is 3. The number of carbonyl (C=O) groups is 1. The summed E-state index contributed by atoms with van der Waals surface area (Å²) in [5, 5.41) is 9.50. The molecule has 1 fully saturated rings. The SMILES string of the molecule is O=C(O)CCC1CCCCN1CCOc1cccc(Cl)c1. The van der Waals surface area contributed by atoms with Gasteiger partial charge in [0.05, 0.1) is 0 Å². The molecule has 1 aliphatic rings. The number of rotatable bonds is 7. The molecule has 1 N–H and O–H groups in total. The summed E-state index contributed by atoms with van der Waals surface area (Å²) in [5.41, 5.74) is 0. The second kappa shape index (κ2) is 8.25. The average Bonchev–Trinajstić information content (AvgIpc) is 2.46. The van der Waals surface area contributed by atoms with Crippen LogP contribution in [0.3, 0.4) is 0 Å². The summed E-state index contributed by atoms with van der Waals surface area (Å²) in [4.78, 5) is 13.1. The minimum absolute atomic E-state index is 0.246. The van der Waals surface area contributed by atoms with Crippen LogP contribution in [0.1, 0.15) is 32.1 Å². The van der Waals surface area contributed by atoms with Gasteiger partial charge in [0.25, 0.3) is 0 Å². The topological polar surface area (TPSA) is 49.8 Å². The molecule has 1 unspecified atom stereocenters. The van der Waals surface area contributed by atoms with Crippen LogP contribution < -0.4 is 4.74 Å². The van der Waals surface area contributed by atoms with E-state index in [-0.39, 0.29) is 6.42 Å². The fourth-order valence-electron chi connectivity index (χ4n) is 2.81. The first-order valence-electron chi connectivity index (χ1n) is 7.49. The van der Waals surface area contributed by atoms with E-state index in [9.17, 15) is 4.79 Å². The van der Waals surface area contributed by atoms with Crippen LogP contribution in [-0.4, -0.2) is 41.7 Å². The molecule has 1 heterocycles. The molecule has 1 atom stereocenters. The van der Waals surface area contributed by atoms with Crippen molar-refractivity contribution in [3.05, 3.63) is 29.3 Å². The third-order valence-corrected chi connectivity index (χ3v) is 4.12. The molecule has 0 radical (unpaired) electrons. The molecule has 0 bridgehead atoms. The molecule has 0 saturated carbocycles. The number of ether oxygens (including phenoxy) is 1. The van der Waals surface area contributed by atoms with Crippen LogP contribution in [0, 0.1) is 0 Å². The number of piperidine rings is 1. The first-order valence-corrected chi connectivity index (χ1v) is 7.87. The largest absolute Gasteiger partial charge is 0.492 e. The minimum Gasteiger partial charge on any atom is -0.492 e. The molecule has 0 aromatic heterocycles. The monoisotopic (exact) mass is 311 g/mol. The number of benzene rings is 1. The predicted molar refractivity (Wildman–Crippen MR) is 83.0 cm³/mol. The van der Waals surface area contributed by atoms with Crippen molar-refractivity contribution in [2.24, 2.45) is 0 Å². The van der Waals surface area contributed by atoms with Crippen LogP contribution in [0.25, 0.3) is 0 Å². The molecule has 2 rings (SSSR count). The molecule has 1 aromatic rings. The van der Waals surface area contributed by atoms with Crippen molar-refractivity contribution in [1.82, 2.24) is 4.90 Å². The van der Waals surface area contributed by atoms with Crippen molar-refractivity contribution < 1.29 is 14.6 Å². The van der Waals surface area contributed by atoms with Crippen molar-refractivity contribution in [2.45, 2.75) is 38.1 Å². The number of carboxylic acid groups (broad SMARTS) is 1. The van der Waals surface area contributed by atoms with Gasteiger partial charge in [-0.05, 0) is 44.0 Å². The van der Waals surface area contributed by atoms with Crippen LogP contribution in [0.2, 0.25) is 5.02 Å². The fourth-order valence-corrected chi connectivity index (χ4v) is 2.99. The highest BCUT2D eigenvalue weighted by atomic mass is 35.5. The molecule has 0 aliphatic carbocycles. The van der Waals surface area contributed by atoms with E-state index in [2.05, 4.69) is 4.90 Å². The quantitative estimate of drug-likeness (QED) is 0.838. The Morgan fingerprint density at radius 2 is 2.29 bits per heavy atom. The lowest BCUT2D eigenvalue weighted by molar-refractivity contribution is -0.137. The number of aliphatic carboxylic acids is 1. The van der Waals surface area contributed by atoms with Gasteiger partial charge in [0.15, 0.2) is 0 Å². The summed E-state index contributed by atoms with van der Waals surface area (Å²) in [6.07, 6.45) is 4.43. The summed E-state index contributed by atoms with van der Waals surface area (Å²) in [6.45, 7) is 2.46. The second-order valence-corrected chi connectivity index (χ2v) is 5.86. The maximum atomic E-state index is 10.7. The highest BCUT2D eigenvalue weighted by molar-refractivity contribution is 6.30. The van der Waals surface area contributed by atoms with Crippen molar-refractivity contribution in [1.29, 1.82) is 0 Å². The van der Waals surface area contributed by atoms with Gasteiger partial charge >= 0.3 is 5.97 Å². The molecule has 1 aromatic carbocycles. The summed E-state index contributed by atoms with van der Waals surface area (Å²) in [7, 11) is 0. The maximum absolute atomic E-state index is 10.7. The molecule has 1 saturated heterocycles. The Hall–Kier alpha value is -1.26. The molecular weight excluding hydrogens is 290 g/mol. The average molecular weight is 312 g/mol. The van der Waals surface area contributed by atoms with Gasteiger partial charge in [0.1, 0.15) is 12.4 Å². The van der Waals surface area contributed by atoms with Gasteiger partial charge in [-0.25, -0.2) is 0 Å². The zero-order chi connectivity index (χ0) is 15.1. The molecule has 4 nitrogen and oxygen atoms in total. The van der Waals surface area contributed by atoms with Gasteiger partial charge in [-0.15, -0.1) is 0 Å². The summed E-state index contributed by atoms with van der Waals surface area (Å²) in [6, 6.07) is 7.76. The number of nitrogens with zero attached hydrogens (tertiary/aromatic N) is 1. The Kier molecular flexibility index (Phi) is 6.33. The highest BCUT2D eigenvalue weighted by Crippen LogP contribution is 2.21. The number of hydrogen-bond donors (Lipinski definition) is 1. The third kappa shape index (κ3) is 5.56. The van der Waals surface area contributed by atoms with E-state index in [1.807, 2.05) is 18.2 Å². The molecule has 21 heavy (non-hydrogen) atoms. The number of likely N-dealkylation sites (tertiary alicyclic amines) is 1. The molecule has 116 valence electrons. The second-order valence-electron chi connectivity index (χ2n) is 5.42. The summed E-state index contributed by atoms with van der Waals surface area (Å²) in [5.74, 6) is 0.0669. The first kappa shape index (κ1) is 16.1. The zero-order valence-corrected chi connectivity index (χ0v) is 12.9. The van der Waals surface area contributed by atoms with Crippen LogP contribution in [0.5, 0.6) is 5.75 Å². The van der Waals surface area contributed by atoms with Crippen LogP contribution in [-0.2, 0) is 4.79 Å². The van der Waals surface area contributed by atoms with Gasteiger partial charge in [-0.3, -0.25) is 9.69 Å². The Morgan fingerprint density at radius 3 is 3.05 bits per heavy atom. The molecule has 1 aliphatic heterocycles. The highest BCUT2D eigenvalue weighted by Gasteiger charge is 2.22. The van der Waals surface area contributed by atoms with E-state index < -0.39 is 5.97 Å². The van der Waals surface area contributed by atoms with Crippen molar-refractivity contribution in [3.63, 3.8) is 0 Å². The Labute approximate surface area is 130 Å². The molecule has 0 spiro atoms. The normalized spacial score (nSPS) is 19.4. The standard InChI is InChI=1S/C16H22ClNO3/c17-13-4-3-6-15(12-13)21-11-10-18-9-2-1-5-14(18)7-8-16(19)20/h3-4,6,12,14H,1-2,5,7-11H2,(H,19,20). The zero-order valence-electron chi connectivity index (χ0n) is 12.1. The Balaban J connectivity index is 1.78. The van der Waals surface area contributed by atoms with Gasteiger partial charge in [-0.2, -0.15) is 0 Å². The van der Waals surface area contributed by atoms with E-state index in [1.54, 1.807) is 6.07 Å². The van der Waals surface area contributed by atoms with Gasteiger partial charge in [0, 0.05) is 24.0 Å². The maximum Gasteiger partial charge on any atom is 0.303 e. The lowest BCUT2D eigenvalue weighted by Gasteiger charge is -2.35. The molecule has 0 amide bonds. The van der Waals surface area contributed by atoms with Crippen LogP contribution in [0.15, 0.2) is 24.3 Å². The van der Waals surface area contributed by atoms with E-state index in [1.165, 1.54) is 12.8 Å². The van der Waals surface area contributed by atoms with Gasteiger partial charge < -0.3 is 9.84 Å². The minimum atomic E-state index is -0.712. The van der Waals surface area contributed by atoms with E-state index >= 15 is 0 Å². The number of carboxylic acids is 1. The molecule has 5 heteroatoms. The predicted octanol–water partition coefficient (Wildman–Crippen LogP) is 3.44. The molecular formula is C16H22ClNO3. The summed E-state index contributed by atoms with van der Waals surface area (Å²) >= 11 is 5.92. The van der Waals surface area contributed by atoms with E-state index in [4.69, 9.17) is 21.4 Å². The Morgan fingerprint density at radius 1 is 1.43 bits per heavy atom. The van der Waals surface area contributed by atoms with Gasteiger partial charge in [-0.1, -0.05) is 24.1 Å². The Bertz CT molecular complexity index is 467. The first-order chi connectivity index (χ1) is 10.1. The summed E-state index contributed by atoms with van der Waals surface area (Å²) < 4.78 is 5.72. The van der Waals surface area contributed by atoms with Crippen molar-refractivity contribution >= 4 is 17.6 Å². The van der Waals surface area contributed by atoms with Gasteiger partial charge in [0.2, 0.25) is 0 Å². The van der Waals surface area contributed by atoms with Crippen molar-refractivity contribution in [3.8, 4) is 5.75 Å². The van der Waals surface area contributed by atoms with Crippen LogP contribution in [0.4, 0.5) is 0 Å². The number of halogens is 1.